The first-order chi connectivity index (χ1) is 4.33. The molecule has 0 atom stereocenters. The first-order valence-electron chi connectivity index (χ1n) is 2.21. The Hall–Kier alpha value is -1.06. The fraction of sp³-hybridized carbons (Fsp3) is 0.250. The molecule has 0 aliphatic carbocycles. The summed E-state index contributed by atoms with van der Waals surface area (Å²) in [6.07, 6.45) is 0. The Morgan fingerprint density at radius 1 is 1.67 bits per heavy atom. The van der Waals surface area contributed by atoms with Crippen molar-refractivity contribution < 1.29 is 4.42 Å². The summed E-state index contributed by atoms with van der Waals surface area (Å²) in [5, 5.41) is 9.14. The lowest BCUT2D eigenvalue weighted by Gasteiger charge is -1.71. The maximum absolute atomic E-state index is 4.81. The second-order valence-corrected chi connectivity index (χ2v) is 1.49. The van der Waals surface area contributed by atoms with E-state index in [1.165, 1.54) is 0 Å². The van der Waals surface area contributed by atoms with Crippen LogP contribution in [0.15, 0.2) is 9.41 Å². The summed E-state index contributed by atoms with van der Waals surface area (Å²) in [5.74, 6) is 0.471. The fourth-order valence-corrected chi connectivity index (χ4v) is 0.448. The highest BCUT2D eigenvalue weighted by Crippen LogP contribution is 2.05. The second-order valence-electron chi connectivity index (χ2n) is 1.31. The van der Waals surface area contributed by atoms with Crippen molar-refractivity contribution in [1.82, 2.24) is 10.2 Å². The number of isothiocyanates is 1. The zero-order valence-corrected chi connectivity index (χ0v) is 5.47. The molecular weight excluding hydrogens is 138 g/mol. The van der Waals surface area contributed by atoms with Crippen LogP contribution in [-0.4, -0.2) is 15.4 Å². The molecule has 1 heterocycles. The van der Waals surface area contributed by atoms with E-state index in [-0.39, 0.29) is 6.01 Å². The van der Waals surface area contributed by atoms with E-state index in [2.05, 4.69) is 32.6 Å². The first-order valence-corrected chi connectivity index (χ1v) is 2.62. The molecule has 0 aliphatic rings. The fourth-order valence-electron chi connectivity index (χ4n) is 0.370. The topological polar surface area (TPSA) is 51.3 Å². The highest BCUT2D eigenvalue weighted by Gasteiger charge is 1.95. The Morgan fingerprint density at radius 3 is 2.89 bits per heavy atom. The Labute approximate surface area is 56.6 Å². The lowest BCUT2D eigenvalue weighted by molar-refractivity contribution is 0.530. The van der Waals surface area contributed by atoms with Crippen molar-refractivity contribution in [2.24, 2.45) is 4.99 Å². The van der Waals surface area contributed by atoms with E-state index in [9.17, 15) is 0 Å². The Bertz CT molecular complexity index is 250. The van der Waals surface area contributed by atoms with Crippen LogP contribution < -0.4 is 0 Å². The van der Waals surface area contributed by atoms with Crippen LogP contribution >= 0.6 is 12.2 Å². The molecule has 5 heteroatoms. The lowest BCUT2D eigenvalue weighted by Crippen LogP contribution is -1.66. The largest absolute Gasteiger partial charge is 0.406 e. The monoisotopic (exact) mass is 141 g/mol. The van der Waals surface area contributed by atoms with E-state index >= 15 is 0 Å². The molecule has 0 saturated carbocycles. The maximum atomic E-state index is 4.81. The van der Waals surface area contributed by atoms with Crippen molar-refractivity contribution in [3.05, 3.63) is 5.89 Å². The summed E-state index contributed by atoms with van der Waals surface area (Å²) in [5.41, 5.74) is 0. The van der Waals surface area contributed by atoms with Crippen LogP contribution in [0, 0.1) is 6.92 Å². The van der Waals surface area contributed by atoms with Gasteiger partial charge in [0.05, 0.1) is 5.16 Å². The SMILES string of the molecule is Cc1nnc(N=C=S)o1. The number of hydrogen-bond acceptors (Lipinski definition) is 5. The van der Waals surface area contributed by atoms with E-state index in [4.69, 9.17) is 4.42 Å². The molecule has 9 heavy (non-hydrogen) atoms. The third kappa shape index (κ3) is 1.42. The van der Waals surface area contributed by atoms with Crippen molar-refractivity contribution in [3.8, 4) is 0 Å². The molecule has 1 aromatic rings. The minimum atomic E-state index is 0.155. The van der Waals surface area contributed by atoms with Gasteiger partial charge in [0.25, 0.3) is 0 Å². The van der Waals surface area contributed by atoms with Gasteiger partial charge in [0.1, 0.15) is 0 Å². The normalized spacial score (nSPS) is 8.56. The van der Waals surface area contributed by atoms with Gasteiger partial charge in [0.2, 0.25) is 5.89 Å². The number of aliphatic imine (C=N–C) groups is 1. The van der Waals surface area contributed by atoms with Crippen LogP contribution in [0.2, 0.25) is 0 Å². The van der Waals surface area contributed by atoms with Gasteiger partial charge in [-0.2, -0.15) is 0 Å². The number of hydrogen-bond donors (Lipinski definition) is 0. The standard InChI is InChI=1S/C4H3N3OS/c1-3-6-7-4(8-3)5-2-9/h1H3. The molecule has 1 rings (SSSR count). The third-order valence-corrected chi connectivity index (χ3v) is 0.748. The molecular formula is C4H3N3OS. The van der Waals surface area contributed by atoms with E-state index in [0.717, 1.165) is 0 Å². The molecule has 0 amide bonds. The van der Waals surface area contributed by atoms with Crippen molar-refractivity contribution in [2.45, 2.75) is 6.92 Å². The van der Waals surface area contributed by atoms with Gasteiger partial charge >= 0.3 is 6.01 Å². The Kier molecular flexibility index (Phi) is 1.67. The third-order valence-electron chi connectivity index (χ3n) is 0.657. The molecule has 4 nitrogen and oxygen atoms in total. The predicted molar refractivity (Wildman–Crippen MR) is 33.7 cm³/mol. The van der Waals surface area contributed by atoms with Gasteiger partial charge < -0.3 is 4.42 Å². The quantitative estimate of drug-likeness (QED) is 0.434. The molecule has 0 radical (unpaired) electrons. The highest BCUT2D eigenvalue weighted by molar-refractivity contribution is 7.78. The number of rotatable bonds is 1. The Morgan fingerprint density at radius 2 is 2.44 bits per heavy atom. The average Bonchev–Trinajstić information content (AvgIpc) is 2.17. The van der Waals surface area contributed by atoms with E-state index in [1.54, 1.807) is 6.92 Å². The zero-order valence-electron chi connectivity index (χ0n) is 4.66. The van der Waals surface area contributed by atoms with Gasteiger partial charge in [-0.15, -0.1) is 10.1 Å². The molecule has 0 saturated heterocycles. The maximum Gasteiger partial charge on any atom is 0.351 e. The van der Waals surface area contributed by atoms with Gasteiger partial charge in [-0.1, -0.05) is 5.10 Å². The molecule has 0 unspecified atom stereocenters. The number of thiocarbonyl (C=S) groups is 1. The van der Waals surface area contributed by atoms with Crippen LogP contribution in [0.1, 0.15) is 5.89 Å². The lowest BCUT2D eigenvalue weighted by atomic mass is 10.8. The highest BCUT2D eigenvalue weighted by atomic mass is 32.1. The van der Waals surface area contributed by atoms with Crippen LogP contribution in [0.5, 0.6) is 0 Å². The minimum absolute atomic E-state index is 0.155. The molecule has 0 bridgehead atoms. The zero-order chi connectivity index (χ0) is 6.69. The summed E-state index contributed by atoms with van der Waals surface area (Å²) < 4.78 is 4.81. The van der Waals surface area contributed by atoms with Gasteiger partial charge in [-0.05, 0) is 12.2 Å². The molecule has 1 aromatic heterocycles. The molecule has 0 aromatic carbocycles. The minimum Gasteiger partial charge on any atom is -0.406 e. The van der Waals surface area contributed by atoms with Crippen LogP contribution in [0.4, 0.5) is 6.01 Å². The van der Waals surface area contributed by atoms with E-state index in [0.29, 0.717) is 5.89 Å². The first kappa shape index (κ1) is 6.07. The number of aromatic nitrogens is 2. The van der Waals surface area contributed by atoms with Crippen molar-refractivity contribution >= 4 is 23.4 Å². The number of aryl methyl sites for hydroxylation is 1. The summed E-state index contributed by atoms with van der Waals surface area (Å²) in [7, 11) is 0. The van der Waals surface area contributed by atoms with E-state index in [1.807, 2.05) is 0 Å². The molecule has 46 valence electrons. The van der Waals surface area contributed by atoms with Gasteiger partial charge in [-0.3, -0.25) is 0 Å². The van der Waals surface area contributed by atoms with Crippen molar-refractivity contribution in [2.75, 3.05) is 0 Å². The van der Waals surface area contributed by atoms with Gasteiger partial charge in [-0.25, -0.2) is 0 Å². The summed E-state index contributed by atoms with van der Waals surface area (Å²) in [6.45, 7) is 1.68. The smallest absolute Gasteiger partial charge is 0.351 e. The molecule has 0 spiro atoms. The summed E-state index contributed by atoms with van der Waals surface area (Å²) in [6, 6.07) is 0.155. The van der Waals surface area contributed by atoms with E-state index < -0.39 is 0 Å². The van der Waals surface area contributed by atoms with Gasteiger partial charge in [0.15, 0.2) is 0 Å². The predicted octanol–water partition coefficient (Wildman–Crippen LogP) is 1.11. The van der Waals surface area contributed by atoms with Crippen molar-refractivity contribution in [3.63, 3.8) is 0 Å². The molecule has 0 fully saturated rings. The number of nitrogens with zero attached hydrogens (tertiary/aromatic N) is 3. The molecule has 0 N–H and O–H groups in total. The second kappa shape index (κ2) is 2.48. The van der Waals surface area contributed by atoms with Crippen LogP contribution in [0.25, 0.3) is 0 Å². The molecule has 0 aliphatic heterocycles. The van der Waals surface area contributed by atoms with Gasteiger partial charge in [0, 0.05) is 6.92 Å². The van der Waals surface area contributed by atoms with Crippen molar-refractivity contribution in [1.29, 1.82) is 0 Å². The Balaban J connectivity index is 2.97. The van der Waals surface area contributed by atoms with Crippen LogP contribution in [0.3, 0.4) is 0 Å². The summed E-state index contributed by atoms with van der Waals surface area (Å²) in [4.78, 5) is 3.45. The summed E-state index contributed by atoms with van der Waals surface area (Å²) >= 11 is 4.30. The van der Waals surface area contributed by atoms with Crippen LogP contribution in [-0.2, 0) is 0 Å². The average molecular weight is 141 g/mol.